The lowest BCUT2D eigenvalue weighted by Gasteiger charge is -2.36. The molecule has 2 amide bonds. The SMILES string of the molecule is CC(C)(Oc1ccc(Br)cc1)C(=O)Nc1ccc(N2CCN(C(=O)c3ccccc3F)CC2)cc1. The van der Waals surface area contributed by atoms with Crippen molar-refractivity contribution in [3.05, 3.63) is 88.6 Å². The highest BCUT2D eigenvalue weighted by Gasteiger charge is 2.30. The number of piperazine rings is 1. The minimum atomic E-state index is -1.06. The number of amides is 2. The van der Waals surface area contributed by atoms with Gasteiger partial charge in [-0.2, -0.15) is 0 Å². The molecule has 35 heavy (non-hydrogen) atoms. The summed E-state index contributed by atoms with van der Waals surface area (Å²) < 4.78 is 20.8. The van der Waals surface area contributed by atoms with Gasteiger partial charge in [0, 0.05) is 42.0 Å². The van der Waals surface area contributed by atoms with Crippen molar-refractivity contribution < 1.29 is 18.7 Å². The van der Waals surface area contributed by atoms with E-state index < -0.39 is 11.4 Å². The number of rotatable bonds is 6. The van der Waals surface area contributed by atoms with E-state index in [2.05, 4.69) is 26.1 Å². The van der Waals surface area contributed by atoms with Gasteiger partial charge in [0.2, 0.25) is 0 Å². The number of halogens is 2. The molecule has 8 heteroatoms. The molecular formula is C27H27BrFN3O3. The number of carbonyl (C=O) groups excluding carboxylic acids is 2. The summed E-state index contributed by atoms with van der Waals surface area (Å²) in [6, 6.07) is 21.0. The second kappa shape index (κ2) is 10.5. The van der Waals surface area contributed by atoms with E-state index in [1.54, 1.807) is 43.0 Å². The highest BCUT2D eigenvalue weighted by atomic mass is 79.9. The first-order valence-electron chi connectivity index (χ1n) is 11.4. The summed E-state index contributed by atoms with van der Waals surface area (Å²) in [6.07, 6.45) is 0. The lowest BCUT2D eigenvalue weighted by atomic mass is 10.1. The van der Waals surface area contributed by atoms with Gasteiger partial charge < -0.3 is 19.9 Å². The molecule has 0 saturated carbocycles. The molecule has 6 nitrogen and oxygen atoms in total. The van der Waals surface area contributed by atoms with Gasteiger partial charge in [0.15, 0.2) is 5.60 Å². The summed E-state index contributed by atoms with van der Waals surface area (Å²) in [4.78, 5) is 29.3. The zero-order chi connectivity index (χ0) is 25.0. The van der Waals surface area contributed by atoms with Crippen LogP contribution in [0.5, 0.6) is 5.75 Å². The summed E-state index contributed by atoms with van der Waals surface area (Å²) in [5.74, 6) is -0.429. The fourth-order valence-corrected chi connectivity index (χ4v) is 4.12. The Hall–Kier alpha value is -3.39. The van der Waals surface area contributed by atoms with E-state index in [1.807, 2.05) is 36.4 Å². The van der Waals surface area contributed by atoms with Gasteiger partial charge >= 0.3 is 0 Å². The maximum absolute atomic E-state index is 14.0. The van der Waals surface area contributed by atoms with Gasteiger partial charge in [0.05, 0.1) is 5.56 Å². The van der Waals surface area contributed by atoms with Crippen LogP contribution in [0.25, 0.3) is 0 Å². The predicted molar refractivity (Wildman–Crippen MR) is 138 cm³/mol. The Labute approximate surface area is 212 Å². The van der Waals surface area contributed by atoms with Gasteiger partial charge in [0.25, 0.3) is 11.8 Å². The minimum Gasteiger partial charge on any atom is -0.478 e. The first-order chi connectivity index (χ1) is 16.7. The van der Waals surface area contributed by atoms with Crippen molar-refractivity contribution in [3.63, 3.8) is 0 Å². The topological polar surface area (TPSA) is 61.9 Å². The standard InChI is InChI=1S/C27H27BrFN3O3/c1-27(2,35-22-13-7-19(28)8-14-22)26(34)30-20-9-11-21(12-10-20)31-15-17-32(18-16-31)25(33)23-5-3-4-6-24(23)29/h3-14H,15-18H2,1-2H3,(H,30,34). The van der Waals surface area contributed by atoms with E-state index >= 15 is 0 Å². The normalized spacial score (nSPS) is 13.9. The average molecular weight is 540 g/mol. The fraction of sp³-hybridized carbons (Fsp3) is 0.259. The molecule has 0 spiro atoms. The van der Waals surface area contributed by atoms with E-state index in [-0.39, 0.29) is 17.4 Å². The molecule has 1 aliphatic heterocycles. The molecule has 1 fully saturated rings. The molecule has 1 heterocycles. The number of anilines is 2. The monoisotopic (exact) mass is 539 g/mol. The third-order valence-electron chi connectivity index (χ3n) is 5.89. The molecule has 1 N–H and O–H groups in total. The molecule has 0 atom stereocenters. The van der Waals surface area contributed by atoms with E-state index in [1.165, 1.54) is 12.1 Å². The summed E-state index contributed by atoms with van der Waals surface area (Å²) in [5.41, 5.74) is 0.701. The third kappa shape index (κ3) is 6.00. The number of carbonyl (C=O) groups is 2. The zero-order valence-electron chi connectivity index (χ0n) is 19.6. The van der Waals surface area contributed by atoms with Crippen LogP contribution in [0.2, 0.25) is 0 Å². The van der Waals surface area contributed by atoms with Crippen molar-refractivity contribution in [2.75, 3.05) is 36.4 Å². The van der Waals surface area contributed by atoms with Crippen molar-refractivity contribution >= 4 is 39.1 Å². The molecule has 1 saturated heterocycles. The summed E-state index contributed by atoms with van der Waals surface area (Å²) >= 11 is 3.38. The van der Waals surface area contributed by atoms with Crippen LogP contribution in [-0.2, 0) is 4.79 Å². The molecule has 0 aliphatic carbocycles. The van der Waals surface area contributed by atoms with Crippen LogP contribution < -0.4 is 15.0 Å². The first kappa shape index (κ1) is 24.7. The van der Waals surface area contributed by atoms with Crippen LogP contribution >= 0.6 is 15.9 Å². The van der Waals surface area contributed by atoms with Crippen LogP contribution in [0.3, 0.4) is 0 Å². The number of hydrogen-bond donors (Lipinski definition) is 1. The number of benzene rings is 3. The van der Waals surface area contributed by atoms with Crippen molar-refractivity contribution in [1.29, 1.82) is 0 Å². The van der Waals surface area contributed by atoms with Gasteiger partial charge in [-0.15, -0.1) is 0 Å². The van der Waals surface area contributed by atoms with Crippen LogP contribution in [-0.4, -0.2) is 48.5 Å². The number of hydrogen-bond acceptors (Lipinski definition) is 4. The molecule has 0 bridgehead atoms. The molecule has 0 radical (unpaired) electrons. The van der Waals surface area contributed by atoms with Gasteiger partial charge in [-0.3, -0.25) is 9.59 Å². The van der Waals surface area contributed by atoms with Gasteiger partial charge in [0.1, 0.15) is 11.6 Å². The van der Waals surface area contributed by atoms with Crippen LogP contribution in [0.1, 0.15) is 24.2 Å². The summed E-state index contributed by atoms with van der Waals surface area (Å²) in [5, 5.41) is 2.91. The molecule has 0 aromatic heterocycles. The molecular weight excluding hydrogens is 513 g/mol. The minimum absolute atomic E-state index is 0.105. The van der Waals surface area contributed by atoms with Gasteiger partial charge in [-0.1, -0.05) is 28.1 Å². The molecule has 3 aromatic rings. The number of nitrogens with one attached hydrogen (secondary N) is 1. The lowest BCUT2D eigenvalue weighted by molar-refractivity contribution is -0.128. The van der Waals surface area contributed by atoms with E-state index in [9.17, 15) is 14.0 Å². The van der Waals surface area contributed by atoms with E-state index in [0.717, 1.165) is 10.2 Å². The largest absolute Gasteiger partial charge is 0.478 e. The van der Waals surface area contributed by atoms with Gasteiger partial charge in [-0.05, 0) is 74.5 Å². The first-order valence-corrected chi connectivity index (χ1v) is 12.2. The van der Waals surface area contributed by atoms with Crippen LogP contribution in [0.4, 0.5) is 15.8 Å². The molecule has 182 valence electrons. The summed E-state index contributed by atoms with van der Waals surface area (Å²) in [7, 11) is 0. The highest BCUT2D eigenvalue weighted by molar-refractivity contribution is 9.10. The fourth-order valence-electron chi connectivity index (χ4n) is 3.85. The number of nitrogens with zero attached hydrogens (tertiary/aromatic N) is 2. The quantitative estimate of drug-likeness (QED) is 0.458. The lowest BCUT2D eigenvalue weighted by Crippen LogP contribution is -2.49. The Morgan fingerprint density at radius 2 is 1.54 bits per heavy atom. The maximum atomic E-state index is 14.0. The number of ether oxygens (including phenoxy) is 1. The highest BCUT2D eigenvalue weighted by Crippen LogP contribution is 2.24. The second-order valence-corrected chi connectivity index (χ2v) is 9.74. The van der Waals surface area contributed by atoms with Crippen molar-refractivity contribution in [2.24, 2.45) is 0 Å². The smallest absolute Gasteiger partial charge is 0.267 e. The average Bonchev–Trinajstić information content (AvgIpc) is 2.86. The second-order valence-electron chi connectivity index (χ2n) is 8.83. The third-order valence-corrected chi connectivity index (χ3v) is 6.42. The Kier molecular flexibility index (Phi) is 7.40. The Bertz CT molecular complexity index is 1190. The molecule has 0 unspecified atom stereocenters. The van der Waals surface area contributed by atoms with Crippen molar-refractivity contribution in [1.82, 2.24) is 4.90 Å². The molecule has 3 aromatic carbocycles. The zero-order valence-corrected chi connectivity index (χ0v) is 21.2. The van der Waals surface area contributed by atoms with Crippen LogP contribution in [0.15, 0.2) is 77.3 Å². The maximum Gasteiger partial charge on any atom is 0.267 e. The van der Waals surface area contributed by atoms with Crippen molar-refractivity contribution in [3.8, 4) is 5.75 Å². The van der Waals surface area contributed by atoms with E-state index in [0.29, 0.717) is 37.6 Å². The Balaban J connectivity index is 1.32. The van der Waals surface area contributed by atoms with Crippen LogP contribution in [0, 0.1) is 5.82 Å². The Morgan fingerprint density at radius 1 is 0.914 bits per heavy atom. The molecule has 1 aliphatic rings. The summed E-state index contributed by atoms with van der Waals surface area (Å²) in [6.45, 7) is 5.74. The predicted octanol–water partition coefficient (Wildman–Crippen LogP) is 5.35. The van der Waals surface area contributed by atoms with Gasteiger partial charge in [-0.25, -0.2) is 4.39 Å². The van der Waals surface area contributed by atoms with E-state index in [4.69, 9.17) is 4.74 Å². The van der Waals surface area contributed by atoms with Crippen molar-refractivity contribution in [2.45, 2.75) is 19.4 Å². The molecule has 4 rings (SSSR count). The Morgan fingerprint density at radius 3 is 2.17 bits per heavy atom.